The lowest BCUT2D eigenvalue weighted by molar-refractivity contribution is -0.137. The predicted molar refractivity (Wildman–Crippen MR) is 108 cm³/mol. The number of aryl methyl sites for hydroxylation is 2. The molecular weight excluding hydrogens is 371 g/mol. The third kappa shape index (κ3) is 4.00. The highest BCUT2D eigenvalue weighted by Gasteiger charge is 2.40. The molecule has 0 aromatic heterocycles. The zero-order chi connectivity index (χ0) is 20.5. The molecule has 2 heterocycles. The molecule has 150 valence electrons. The fourth-order valence-electron chi connectivity index (χ4n) is 3.61. The minimum Gasteiger partial charge on any atom is -0.324 e. The summed E-state index contributed by atoms with van der Waals surface area (Å²) in [5.74, 6) is -0.896. The Labute approximate surface area is 169 Å². The molecule has 2 atom stereocenters. The number of hydrazine groups is 1. The molecule has 29 heavy (non-hydrogen) atoms. The van der Waals surface area contributed by atoms with Gasteiger partial charge in [0.05, 0.1) is 6.04 Å². The maximum absolute atomic E-state index is 13.7. The molecule has 0 spiro atoms. The lowest BCUT2D eigenvalue weighted by Crippen LogP contribution is -2.49. The second kappa shape index (κ2) is 7.67. The molecule has 0 aliphatic carbocycles. The Morgan fingerprint density at radius 3 is 2.66 bits per heavy atom. The van der Waals surface area contributed by atoms with Gasteiger partial charge in [0.1, 0.15) is 18.4 Å². The van der Waals surface area contributed by atoms with Crippen molar-refractivity contribution in [2.45, 2.75) is 32.4 Å². The van der Waals surface area contributed by atoms with E-state index in [0.29, 0.717) is 17.7 Å². The van der Waals surface area contributed by atoms with Gasteiger partial charge in [-0.1, -0.05) is 35.9 Å². The maximum Gasteiger partial charge on any atom is 0.251 e. The van der Waals surface area contributed by atoms with E-state index in [4.69, 9.17) is 0 Å². The molecule has 1 saturated heterocycles. The van der Waals surface area contributed by atoms with Crippen molar-refractivity contribution in [2.24, 2.45) is 0 Å². The molecule has 0 saturated carbocycles. The minimum atomic E-state index is -0.383. The molecule has 0 bridgehead atoms. The van der Waals surface area contributed by atoms with Crippen LogP contribution in [-0.2, 0) is 9.59 Å². The highest BCUT2D eigenvalue weighted by atomic mass is 19.1. The minimum absolute atomic E-state index is 0.0403. The van der Waals surface area contributed by atoms with E-state index in [1.165, 1.54) is 16.5 Å². The summed E-state index contributed by atoms with van der Waals surface area (Å²) in [5, 5.41) is 4.44. The van der Waals surface area contributed by atoms with Crippen molar-refractivity contribution in [3.05, 3.63) is 77.4 Å². The third-order valence-electron chi connectivity index (χ3n) is 5.32. The van der Waals surface area contributed by atoms with E-state index in [9.17, 15) is 14.0 Å². The molecule has 2 aliphatic heterocycles. The van der Waals surface area contributed by atoms with E-state index in [0.717, 1.165) is 5.56 Å². The SMILES string of the molecule is Cc1ccc(C2CC3C(=O)N(CC(=O)Nc4ccc(C)c(F)c4)C=CN3N2)cc1. The lowest BCUT2D eigenvalue weighted by atomic mass is 10.00. The predicted octanol–water partition coefficient (Wildman–Crippen LogP) is 3.01. The molecule has 2 aromatic rings. The Hall–Kier alpha value is -3.19. The van der Waals surface area contributed by atoms with E-state index in [1.807, 2.05) is 6.92 Å². The molecule has 6 nitrogen and oxygen atoms in total. The summed E-state index contributed by atoms with van der Waals surface area (Å²) in [6.07, 6.45) is 3.99. The number of hydrogen-bond donors (Lipinski definition) is 2. The normalized spacial score (nSPS) is 20.7. The van der Waals surface area contributed by atoms with Crippen LogP contribution < -0.4 is 10.7 Å². The van der Waals surface area contributed by atoms with Crippen molar-refractivity contribution in [1.82, 2.24) is 15.3 Å². The average Bonchev–Trinajstić information content (AvgIpc) is 3.13. The van der Waals surface area contributed by atoms with Crippen LogP contribution in [0.1, 0.15) is 29.2 Å². The van der Waals surface area contributed by atoms with Crippen LogP contribution in [0.25, 0.3) is 0 Å². The van der Waals surface area contributed by atoms with Crippen molar-refractivity contribution in [2.75, 3.05) is 11.9 Å². The van der Waals surface area contributed by atoms with Gasteiger partial charge in [-0.2, -0.15) is 0 Å². The second-order valence-electron chi connectivity index (χ2n) is 7.53. The number of rotatable bonds is 4. The lowest BCUT2D eigenvalue weighted by Gasteiger charge is -2.31. The van der Waals surface area contributed by atoms with E-state index in [2.05, 4.69) is 35.0 Å². The summed E-state index contributed by atoms with van der Waals surface area (Å²) in [6.45, 7) is 3.57. The summed E-state index contributed by atoms with van der Waals surface area (Å²) in [7, 11) is 0. The van der Waals surface area contributed by atoms with Crippen LogP contribution in [0.4, 0.5) is 10.1 Å². The topological polar surface area (TPSA) is 64.7 Å². The van der Waals surface area contributed by atoms with Crippen LogP contribution >= 0.6 is 0 Å². The molecule has 7 heteroatoms. The first-order valence-electron chi connectivity index (χ1n) is 9.56. The Bertz CT molecular complexity index is 973. The fraction of sp³-hybridized carbons (Fsp3) is 0.273. The van der Waals surface area contributed by atoms with E-state index >= 15 is 0 Å². The molecule has 1 fully saturated rings. The monoisotopic (exact) mass is 394 g/mol. The number of anilines is 1. The number of amides is 2. The van der Waals surface area contributed by atoms with Gasteiger partial charge in [0.15, 0.2) is 0 Å². The zero-order valence-electron chi connectivity index (χ0n) is 16.4. The summed E-state index contributed by atoms with van der Waals surface area (Å²) in [5.41, 5.74) is 6.53. The summed E-state index contributed by atoms with van der Waals surface area (Å²) < 4.78 is 13.7. The van der Waals surface area contributed by atoms with Gasteiger partial charge in [-0.25, -0.2) is 9.82 Å². The molecule has 2 amide bonds. The van der Waals surface area contributed by atoms with E-state index in [1.54, 1.807) is 36.5 Å². The van der Waals surface area contributed by atoms with Crippen molar-refractivity contribution in [3.8, 4) is 0 Å². The van der Waals surface area contributed by atoms with E-state index in [-0.39, 0.29) is 36.3 Å². The Morgan fingerprint density at radius 2 is 1.93 bits per heavy atom. The third-order valence-corrected chi connectivity index (χ3v) is 5.32. The Kier molecular flexibility index (Phi) is 5.07. The fourth-order valence-corrected chi connectivity index (χ4v) is 3.61. The number of benzene rings is 2. The van der Waals surface area contributed by atoms with Crippen LogP contribution in [0.2, 0.25) is 0 Å². The first-order chi connectivity index (χ1) is 13.9. The molecule has 4 rings (SSSR count). The van der Waals surface area contributed by atoms with Gasteiger partial charge in [0, 0.05) is 18.1 Å². The van der Waals surface area contributed by atoms with Gasteiger partial charge < -0.3 is 15.2 Å². The first kappa shape index (κ1) is 19.1. The van der Waals surface area contributed by atoms with Crippen LogP contribution in [-0.4, -0.2) is 34.3 Å². The highest BCUT2D eigenvalue weighted by Crippen LogP contribution is 2.30. The van der Waals surface area contributed by atoms with Crippen molar-refractivity contribution in [3.63, 3.8) is 0 Å². The first-order valence-corrected chi connectivity index (χ1v) is 9.56. The summed E-state index contributed by atoms with van der Waals surface area (Å²) >= 11 is 0. The number of nitrogens with one attached hydrogen (secondary N) is 2. The smallest absolute Gasteiger partial charge is 0.251 e. The number of hydrogen-bond acceptors (Lipinski definition) is 4. The largest absolute Gasteiger partial charge is 0.324 e. The molecule has 2 unspecified atom stereocenters. The standard InChI is InChI=1S/C22H23FN4O2/c1-14-3-6-16(7-4-14)19-12-20-22(29)26(9-10-27(20)25-19)13-21(28)24-17-8-5-15(2)18(23)11-17/h3-11,19-20,25H,12-13H2,1-2H3,(H,24,28). The highest BCUT2D eigenvalue weighted by molar-refractivity contribution is 5.96. The number of carbonyl (C=O) groups excluding carboxylic acids is 2. The van der Waals surface area contributed by atoms with Crippen molar-refractivity contribution < 1.29 is 14.0 Å². The van der Waals surface area contributed by atoms with E-state index < -0.39 is 0 Å². The van der Waals surface area contributed by atoms with Crippen molar-refractivity contribution in [1.29, 1.82) is 0 Å². The summed E-state index contributed by atoms with van der Waals surface area (Å²) in [6, 6.07) is 12.4. The summed E-state index contributed by atoms with van der Waals surface area (Å²) in [4.78, 5) is 26.6. The zero-order valence-corrected chi connectivity index (χ0v) is 16.4. The van der Waals surface area contributed by atoms with Gasteiger partial charge in [-0.05, 0) is 43.5 Å². The van der Waals surface area contributed by atoms with Gasteiger partial charge in [-0.3, -0.25) is 9.59 Å². The number of nitrogens with zero attached hydrogens (tertiary/aromatic N) is 2. The maximum atomic E-state index is 13.7. The molecule has 2 aliphatic rings. The van der Waals surface area contributed by atoms with Crippen LogP contribution in [0.15, 0.2) is 54.9 Å². The van der Waals surface area contributed by atoms with Crippen LogP contribution in [0.5, 0.6) is 0 Å². The number of fused-ring (bicyclic) bond motifs is 1. The van der Waals surface area contributed by atoms with Crippen LogP contribution in [0.3, 0.4) is 0 Å². The molecule has 2 aromatic carbocycles. The Balaban J connectivity index is 1.39. The van der Waals surface area contributed by atoms with Gasteiger partial charge in [0.2, 0.25) is 5.91 Å². The Morgan fingerprint density at radius 1 is 1.17 bits per heavy atom. The molecule has 0 radical (unpaired) electrons. The van der Waals surface area contributed by atoms with Gasteiger partial charge in [0.25, 0.3) is 5.91 Å². The molecule has 2 N–H and O–H groups in total. The molecular formula is C22H23FN4O2. The van der Waals surface area contributed by atoms with Gasteiger partial charge >= 0.3 is 0 Å². The number of halogens is 1. The second-order valence-corrected chi connectivity index (χ2v) is 7.53. The van der Waals surface area contributed by atoms with Crippen LogP contribution in [0, 0.1) is 19.7 Å². The number of carbonyl (C=O) groups is 2. The quantitative estimate of drug-likeness (QED) is 0.837. The average molecular weight is 394 g/mol. The van der Waals surface area contributed by atoms with Gasteiger partial charge in [-0.15, -0.1) is 0 Å². The van der Waals surface area contributed by atoms with Crippen molar-refractivity contribution >= 4 is 17.5 Å².